The number of rotatable bonds is 2. The summed E-state index contributed by atoms with van der Waals surface area (Å²) in [7, 11) is 0. The predicted molar refractivity (Wildman–Crippen MR) is 58.7 cm³/mol. The van der Waals surface area contributed by atoms with Gasteiger partial charge in [-0.05, 0) is 18.2 Å². The van der Waals surface area contributed by atoms with E-state index in [9.17, 15) is 4.79 Å². The third-order valence-electron chi connectivity index (χ3n) is 2.09. The molecule has 1 aromatic carbocycles. The number of hydrogen-bond acceptors (Lipinski definition) is 2. The molecule has 1 N–H and O–H groups in total. The van der Waals surface area contributed by atoms with Crippen molar-refractivity contribution >= 4 is 23.2 Å². The maximum Gasteiger partial charge on any atom is 0.254 e. The molecule has 3 nitrogen and oxygen atoms in total. The van der Waals surface area contributed by atoms with E-state index in [1.165, 1.54) is 6.26 Å². The minimum atomic E-state index is -0.130. The minimum Gasteiger partial charge on any atom is -0.500 e. The molecule has 1 aromatic rings. The first kappa shape index (κ1) is 10.1. The van der Waals surface area contributed by atoms with Gasteiger partial charge >= 0.3 is 0 Å². The molecule has 78 valence electrons. The number of carbonyl (C=O) groups is 1. The Kier molecular flexibility index (Phi) is 2.92. The van der Waals surface area contributed by atoms with Gasteiger partial charge in [-0.3, -0.25) is 4.79 Å². The van der Waals surface area contributed by atoms with E-state index in [4.69, 9.17) is 16.3 Å². The first-order valence-corrected chi connectivity index (χ1v) is 5.01. The molecule has 0 unspecified atom stereocenters. The smallest absolute Gasteiger partial charge is 0.254 e. The molecule has 0 aromatic heterocycles. The van der Waals surface area contributed by atoms with Crippen molar-refractivity contribution < 1.29 is 9.53 Å². The van der Waals surface area contributed by atoms with Crippen LogP contribution in [0.3, 0.4) is 0 Å². The highest BCUT2D eigenvalue weighted by Gasteiger charge is 2.14. The van der Waals surface area contributed by atoms with Crippen LogP contribution in [0.4, 0.5) is 5.69 Å². The number of carbonyl (C=O) groups excluding carboxylic acids is 1. The van der Waals surface area contributed by atoms with Crippen LogP contribution in [-0.4, -0.2) is 12.5 Å². The second kappa shape index (κ2) is 4.36. The molecule has 0 saturated heterocycles. The number of anilines is 1. The summed E-state index contributed by atoms with van der Waals surface area (Å²) in [6.07, 6.45) is 2.16. The lowest BCUT2D eigenvalue weighted by Crippen LogP contribution is -2.13. The molecule has 1 aliphatic rings. The van der Waals surface area contributed by atoms with Gasteiger partial charge in [0.15, 0.2) is 0 Å². The average molecular weight is 224 g/mol. The van der Waals surface area contributed by atoms with Crippen molar-refractivity contribution in [3.8, 4) is 0 Å². The molecule has 2 rings (SSSR count). The van der Waals surface area contributed by atoms with Crippen LogP contribution < -0.4 is 5.32 Å². The molecule has 0 spiro atoms. The number of hydrogen-bond donors (Lipinski definition) is 1. The summed E-state index contributed by atoms with van der Waals surface area (Å²) in [4.78, 5) is 11.6. The van der Waals surface area contributed by atoms with Crippen LogP contribution in [0, 0.1) is 0 Å². The van der Waals surface area contributed by atoms with E-state index in [1.807, 2.05) is 0 Å². The van der Waals surface area contributed by atoms with Gasteiger partial charge in [0.05, 0.1) is 18.4 Å². The second-order valence-electron chi connectivity index (χ2n) is 3.23. The monoisotopic (exact) mass is 223 g/mol. The zero-order valence-electron chi connectivity index (χ0n) is 8.00. The van der Waals surface area contributed by atoms with E-state index in [0.717, 1.165) is 0 Å². The Labute approximate surface area is 92.7 Å². The van der Waals surface area contributed by atoms with Crippen LogP contribution in [0.1, 0.15) is 6.42 Å². The lowest BCUT2D eigenvalue weighted by Gasteiger charge is -2.04. The maximum atomic E-state index is 11.6. The van der Waals surface area contributed by atoms with Gasteiger partial charge in [0.2, 0.25) is 0 Å². The summed E-state index contributed by atoms with van der Waals surface area (Å²) in [6, 6.07) is 7.04. The highest BCUT2D eigenvalue weighted by Crippen LogP contribution is 2.17. The molecule has 0 saturated carbocycles. The Bertz CT molecular complexity index is 415. The van der Waals surface area contributed by atoms with Crippen LogP contribution in [0.25, 0.3) is 0 Å². The summed E-state index contributed by atoms with van der Waals surface area (Å²) in [5.74, 6) is -0.130. The summed E-state index contributed by atoms with van der Waals surface area (Å²) in [6.45, 7) is 0.582. The molecular formula is C11H10ClNO2. The van der Waals surface area contributed by atoms with Crippen molar-refractivity contribution in [3.05, 3.63) is 41.1 Å². The molecule has 0 fully saturated rings. The van der Waals surface area contributed by atoms with Gasteiger partial charge in [-0.1, -0.05) is 17.7 Å². The van der Waals surface area contributed by atoms with Crippen molar-refractivity contribution in [2.75, 3.05) is 11.9 Å². The quantitative estimate of drug-likeness (QED) is 0.837. The summed E-state index contributed by atoms with van der Waals surface area (Å²) < 4.78 is 4.99. The maximum absolute atomic E-state index is 11.6. The molecule has 1 heterocycles. The third kappa shape index (κ3) is 2.50. The Morgan fingerprint density at radius 3 is 3.00 bits per heavy atom. The molecular weight excluding hydrogens is 214 g/mol. The van der Waals surface area contributed by atoms with Crippen LogP contribution >= 0.6 is 11.6 Å². The number of amides is 1. The lowest BCUT2D eigenvalue weighted by molar-refractivity contribution is -0.112. The van der Waals surface area contributed by atoms with Crippen LogP contribution in [-0.2, 0) is 9.53 Å². The molecule has 0 atom stereocenters. The molecule has 0 radical (unpaired) electrons. The summed E-state index contributed by atoms with van der Waals surface area (Å²) in [5, 5.41) is 3.35. The molecule has 1 aliphatic heterocycles. The van der Waals surface area contributed by atoms with E-state index >= 15 is 0 Å². The lowest BCUT2D eigenvalue weighted by atomic mass is 10.2. The van der Waals surface area contributed by atoms with Gasteiger partial charge in [-0.2, -0.15) is 0 Å². The number of ether oxygens (including phenoxy) is 1. The largest absolute Gasteiger partial charge is 0.500 e. The van der Waals surface area contributed by atoms with Crippen molar-refractivity contribution in [1.29, 1.82) is 0 Å². The SMILES string of the molecule is O=C(Nc1cccc(Cl)c1)C1=COCC1. The first-order valence-electron chi connectivity index (χ1n) is 4.63. The van der Waals surface area contributed by atoms with Gasteiger partial charge in [-0.25, -0.2) is 0 Å². The van der Waals surface area contributed by atoms with Crippen molar-refractivity contribution in [2.45, 2.75) is 6.42 Å². The van der Waals surface area contributed by atoms with Gasteiger partial charge < -0.3 is 10.1 Å². The molecule has 0 aliphatic carbocycles. The standard InChI is InChI=1S/C11H10ClNO2/c12-9-2-1-3-10(6-9)13-11(14)8-4-5-15-7-8/h1-3,6-7H,4-5H2,(H,13,14). The average Bonchev–Trinajstić information content (AvgIpc) is 2.70. The topological polar surface area (TPSA) is 38.3 Å². The Morgan fingerprint density at radius 1 is 1.47 bits per heavy atom. The second-order valence-corrected chi connectivity index (χ2v) is 3.66. The molecule has 15 heavy (non-hydrogen) atoms. The van der Waals surface area contributed by atoms with Gasteiger partial charge in [0.1, 0.15) is 0 Å². The predicted octanol–water partition coefficient (Wildman–Crippen LogP) is 2.58. The summed E-state index contributed by atoms with van der Waals surface area (Å²) >= 11 is 5.80. The zero-order valence-corrected chi connectivity index (χ0v) is 8.75. The minimum absolute atomic E-state index is 0.130. The molecule has 4 heteroatoms. The van der Waals surface area contributed by atoms with Gasteiger partial charge in [-0.15, -0.1) is 0 Å². The fourth-order valence-corrected chi connectivity index (χ4v) is 1.52. The zero-order chi connectivity index (χ0) is 10.7. The fraction of sp³-hybridized carbons (Fsp3) is 0.182. The van der Waals surface area contributed by atoms with E-state index in [2.05, 4.69) is 5.32 Å². The van der Waals surface area contributed by atoms with Crippen LogP contribution in [0.5, 0.6) is 0 Å². The molecule has 0 bridgehead atoms. The first-order chi connectivity index (χ1) is 7.25. The summed E-state index contributed by atoms with van der Waals surface area (Å²) in [5.41, 5.74) is 1.36. The van der Waals surface area contributed by atoms with Crippen molar-refractivity contribution in [1.82, 2.24) is 0 Å². The van der Waals surface area contributed by atoms with Crippen LogP contribution in [0.2, 0.25) is 5.02 Å². The van der Waals surface area contributed by atoms with Crippen molar-refractivity contribution in [2.24, 2.45) is 0 Å². The van der Waals surface area contributed by atoms with E-state index in [-0.39, 0.29) is 5.91 Å². The van der Waals surface area contributed by atoms with Gasteiger partial charge in [0.25, 0.3) is 5.91 Å². The third-order valence-corrected chi connectivity index (χ3v) is 2.32. The van der Waals surface area contributed by atoms with Crippen molar-refractivity contribution in [3.63, 3.8) is 0 Å². The Morgan fingerprint density at radius 2 is 2.33 bits per heavy atom. The molecule has 1 amide bonds. The fourth-order valence-electron chi connectivity index (χ4n) is 1.33. The van der Waals surface area contributed by atoms with E-state index in [0.29, 0.717) is 29.3 Å². The Hall–Kier alpha value is -1.48. The van der Waals surface area contributed by atoms with Gasteiger partial charge in [0, 0.05) is 17.1 Å². The highest BCUT2D eigenvalue weighted by molar-refractivity contribution is 6.30. The Balaban J connectivity index is 2.05. The van der Waals surface area contributed by atoms with E-state index in [1.54, 1.807) is 24.3 Å². The number of halogens is 1. The van der Waals surface area contributed by atoms with Crippen LogP contribution in [0.15, 0.2) is 36.1 Å². The number of benzene rings is 1. The van der Waals surface area contributed by atoms with E-state index < -0.39 is 0 Å². The highest BCUT2D eigenvalue weighted by atomic mass is 35.5. The normalized spacial score (nSPS) is 14.3. The number of nitrogens with one attached hydrogen (secondary N) is 1.